The molecule has 1 radical (unpaired) electrons. The molecule has 27 heavy (non-hydrogen) atoms. The van der Waals surface area contributed by atoms with Crippen LogP contribution >= 0.6 is 115 Å². The summed E-state index contributed by atoms with van der Waals surface area (Å²) in [6, 6.07) is 3.42. The third-order valence-electron chi connectivity index (χ3n) is 2.78. The number of hydrogen-bond acceptors (Lipinski definition) is 8. The summed E-state index contributed by atoms with van der Waals surface area (Å²) in [5.41, 5.74) is 3.05. The van der Waals surface area contributed by atoms with Crippen LogP contribution in [0.2, 0.25) is 20.1 Å². The van der Waals surface area contributed by atoms with Crippen molar-refractivity contribution in [3.63, 3.8) is 0 Å². The molecule has 2 aromatic carbocycles. The maximum absolute atomic E-state index is 5.95. The Morgan fingerprint density at radius 1 is 0.815 bits per heavy atom. The Hall–Kier alpha value is 0.415. The maximum atomic E-state index is 5.95. The molecule has 4 rings (SSSR count). The van der Waals surface area contributed by atoms with Crippen LogP contribution in [0.15, 0.2) is 25.4 Å². The summed E-state index contributed by atoms with van der Waals surface area (Å²) >= 11 is 35.5. The van der Waals surface area contributed by atoms with Gasteiger partial charge in [-0.05, 0) is 44.0 Å². The van der Waals surface area contributed by atoms with Crippen molar-refractivity contribution in [2.75, 3.05) is 0 Å². The number of rotatable bonds is 0. The van der Waals surface area contributed by atoms with Crippen LogP contribution in [0.3, 0.4) is 0 Å². The second kappa shape index (κ2) is 11.0. The zero-order chi connectivity index (χ0) is 20.1. The van der Waals surface area contributed by atoms with Crippen LogP contribution in [0, 0.1) is 0 Å². The van der Waals surface area contributed by atoms with Gasteiger partial charge in [-0.25, -0.2) is 0 Å². The first kappa shape index (κ1) is 23.7. The van der Waals surface area contributed by atoms with Crippen LogP contribution in [0.5, 0.6) is 0 Å². The SMILES string of the molecule is Clc1c(Cl)c(Br)c2nsnc2c1Br.Clc1cc2nsnc2cc1Cl.[B]=NS. The molecule has 0 spiro atoms. The number of hydrogen-bond donors (Lipinski definition) is 1. The van der Waals surface area contributed by atoms with Crippen LogP contribution in [-0.2, 0) is 0 Å². The molecule has 0 N–H and O–H groups in total. The Labute approximate surface area is 205 Å². The van der Waals surface area contributed by atoms with E-state index >= 15 is 0 Å². The van der Waals surface area contributed by atoms with Crippen molar-refractivity contribution in [2.24, 2.45) is 4.30 Å². The van der Waals surface area contributed by atoms with Gasteiger partial charge in [0, 0.05) is 0 Å². The van der Waals surface area contributed by atoms with Crippen LogP contribution in [0.4, 0.5) is 0 Å². The van der Waals surface area contributed by atoms with Crippen molar-refractivity contribution in [3.05, 3.63) is 41.2 Å². The standard InChI is InChI=1S/C6Br2Cl2N2S.C6H2Cl2N2S.BHNS/c7-1-3(9)4(10)2(8)6-5(1)11-13-12-6;7-3-1-5-6(2-4(3)8)10-11-9-5;1-2-3/h;1-2H;3H. The van der Waals surface area contributed by atoms with E-state index in [0.717, 1.165) is 45.5 Å². The molecule has 4 aromatic rings. The molecule has 2 aromatic heterocycles. The van der Waals surface area contributed by atoms with Crippen molar-refractivity contribution in [2.45, 2.75) is 0 Å². The van der Waals surface area contributed by atoms with Gasteiger partial charge in [0.1, 0.15) is 22.1 Å². The molecule has 0 atom stereocenters. The zero-order valence-electron chi connectivity index (χ0n) is 12.5. The molecule has 0 aliphatic rings. The molecule has 15 heteroatoms. The normalized spacial score (nSPS) is 10.1. The molecule has 0 amide bonds. The van der Waals surface area contributed by atoms with E-state index in [1.165, 1.54) is 0 Å². The number of benzene rings is 2. The second-order valence-electron chi connectivity index (χ2n) is 4.35. The van der Waals surface area contributed by atoms with E-state index in [-0.39, 0.29) is 0 Å². The van der Waals surface area contributed by atoms with Crippen LogP contribution < -0.4 is 0 Å². The van der Waals surface area contributed by atoms with Gasteiger partial charge in [0.15, 0.2) is 0 Å². The van der Waals surface area contributed by atoms with Crippen molar-refractivity contribution in [3.8, 4) is 0 Å². The van der Waals surface area contributed by atoms with Gasteiger partial charge in [-0.15, -0.1) is 0 Å². The molecule has 0 saturated carbocycles. The molecule has 2 heterocycles. The summed E-state index contributed by atoms with van der Waals surface area (Å²) in [7, 11) is 4.34. The van der Waals surface area contributed by atoms with Crippen LogP contribution in [-0.4, -0.2) is 25.1 Å². The quantitative estimate of drug-likeness (QED) is 0.0942. The molecule has 0 fully saturated rings. The van der Waals surface area contributed by atoms with Gasteiger partial charge in [-0.3, -0.25) is 0 Å². The molecular formula is C12H3BBr2Cl4N5S3. The van der Waals surface area contributed by atoms with E-state index in [2.05, 4.69) is 74.1 Å². The third kappa shape index (κ3) is 5.73. The van der Waals surface area contributed by atoms with Crippen molar-refractivity contribution in [1.29, 1.82) is 0 Å². The Bertz CT molecular complexity index is 1030. The topological polar surface area (TPSA) is 63.9 Å². The average molecular weight is 626 g/mol. The van der Waals surface area contributed by atoms with Gasteiger partial charge in [0.2, 0.25) is 0 Å². The predicted octanol–water partition coefficient (Wildman–Crippen LogP) is 7.70. The second-order valence-corrected chi connectivity index (χ2v) is 8.80. The number of thiol groups is 1. The van der Waals surface area contributed by atoms with E-state index in [0.29, 0.717) is 29.0 Å². The molecule has 0 bridgehead atoms. The fourth-order valence-corrected chi connectivity index (χ4v) is 4.82. The summed E-state index contributed by atoms with van der Waals surface area (Å²) in [5.74, 6) is 0. The Balaban J connectivity index is 0.000000171. The van der Waals surface area contributed by atoms with Crippen LogP contribution in [0.1, 0.15) is 0 Å². The summed E-state index contributed by atoms with van der Waals surface area (Å²) in [4.78, 5) is 0. The number of nitrogens with zero attached hydrogens (tertiary/aromatic N) is 5. The summed E-state index contributed by atoms with van der Waals surface area (Å²) < 4.78 is 20.3. The van der Waals surface area contributed by atoms with Crippen molar-refractivity contribution >= 4 is 144 Å². The molecule has 0 aliphatic heterocycles. The molecule has 0 saturated heterocycles. The minimum atomic E-state index is 0.453. The average Bonchev–Trinajstić information content (AvgIpc) is 3.29. The third-order valence-corrected chi connectivity index (χ3v) is 7.44. The van der Waals surface area contributed by atoms with Crippen molar-refractivity contribution < 1.29 is 0 Å². The molecule has 139 valence electrons. The monoisotopic (exact) mass is 622 g/mol. The first-order valence-electron chi connectivity index (χ1n) is 6.37. The summed E-state index contributed by atoms with van der Waals surface area (Å²) in [6.07, 6.45) is 0. The number of fused-ring (bicyclic) bond motifs is 2. The van der Waals surface area contributed by atoms with Gasteiger partial charge in [0.05, 0.1) is 52.5 Å². The van der Waals surface area contributed by atoms with E-state index < -0.39 is 0 Å². The van der Waals surface area contributed by atoms with Gasteiger partial charge < -0.3 is 0 Å². The Morgan fingerprint density at radius 3 is 1.52 bits per heavy atom. The summed E-state index contributed by atoms with van der Waals surface area (Å²) in [5, 5.41) is 1.95. The van der Waals surface area contributed by atoms with E-state index in [4.69, 9.17) is 46.4 Å². The van der Waals surface area contributed by atoms with E-state index in [9.17, 15) is 0 Å². The zero-order valence-corrected chi connectivity index (χ0v) is 21.2. The first-order valence-corrected chi connectivity index (χ1v) is 11.3. The van der Waals surface area contributed by atoms with E-state index in [1.807, 2.05) is 0 Å². The fourth-order valence-electron chi connectivity index (χ4n) is 1.66. The van der Waals surface area contributed by atoms with Gasteiger partial charge >= 0.3 is 24.8 Å². The predicted molar refractivity (Wildman–Crippen MR) is 127 cm³/mol. The van der Waals surface area contributed by atoms with Gasteiger partial charge in [-0.2, -0.15) is 17.5 Å². The molecule has 5 nitrogen and oxygen atoms in total. The molecule has 0 unspecified atom stereocenters. The first-order chi connectivity index (χ1) is 12.8. The Kier molecular flexibility index (Phi) is 9.64. The van der Waals surface area contributed by atoms with Gasteiger partial charge in [0.25, 0.3) is 0 Å². The number of halogens is 6. The number of aromatic nitrogens is 4. The van der Waals surface area contributed by atoms with Crippen LogP contribution in [0.25, 0.3) is 22.1 Å². The minimum absolute atomic E-state index is 0.453. The Morgan fingerprint density at radius 2 is 1.15 bits per heavy atom. The fraction of sp³-hybridized carbons (Fsp3) is 0. The molecular weight excluding hydrogens is 623 g/mol. The van der Waals surface area contributed by atoms with E-state index in [1.54, 1.807) is 12.1 Å². The summed E-state index contributed by atoms with van der Waals surface area (Å²) in [6.45, 7) is 0. The van der Waals surface area contributed by atoms with Gasteiger partial charge in [-0.1, -0.05) is 46.4 Å². The van der Waals surface area contributed by atoms with Crippen molar-refractivity contribution in [1.82, 2.24) is 17.5 Å². The molecule has 0 aliphatic carbocycles.